The second kappa shape index (κ2) is 6.39. The van der Waals surface area contributed by atoms with Crippen molar-refractivity contribution in [1.29, 1.82) is 0 Å². The second-order valence-corrected chi connectivity index (χ2v) is 6.49. The molecule has 1 fully saturated rings. The summed E-state index contributed by atoms with van der Waals surface area (Å²) < 4.78 is 12.9. The van der Waals surface area contributed by atoms with Crippen molar-refractivity contribution in [2.24, 2.45) is 11.7 Å². The molecule has 1 aromatic heterocycles. The number of hydrogen-bond donors (Lipinski definition) is 1. The minimum absolute atomic E-state index is 0.0251. The average Bonchev–Trinajstić information content (AvgIpc) is 2.98. The molecule has 0 radical (unpaired) electrons. The summed E-state index contributed by atoms with van der Waals surface area (Å²) in [6, 6.07) is 6.42. The first kappa shape index (κ1) is 14.9. The summed E-state index contributed by atoms with van der Waals surface area (Å²) in [4.78, 5) is 13.3. The van der Waals surface area contributed by atoms with Crippen LogP contribution in [0.2, 0.25) is 0 Å². The Morgan fingerprint density at radius 2 is 1.95 bits per heavy atom. The fourth-order valence-electron chi connectivity index (χ4n) is 2.58. The third-order valence-electron chi connectivity index (χ3n) is 3.89. The highest BCUT2D eigenvalue weighted by atomic mass is 32.1. The van der Waals surface area contributed by atoms with Crippen LogP contribution in [0.25, 0.3) is 0 Å². The number of carbonyl (C=O) groups is 1. The Labute approximate surface area is 132 Å². The maximum atomic E-state index is 12.9. The van der Waals surface area contributed by atoms with Crippen LogP contribution in [-0.4, -0.2) is 29.2 Å². The quantitative estimate of drug-likeness (QED) is 0.935. The number of nitrogens with two attached hydrogens (primary N) is 1. The molecule has 1 aliphatic heterocycles. The number of piperidine rings is 1. The van der Waals surface area contributed by atoms with E-state index in [0.29, 0.717) is 6.42 Å². The lowest BCUT2D eigenvalue weighted by molar-refractivity contribution is -0.122. The normalized spacial score (nSPS) is 16.0. The number of aromatic nitrogens is 2. The van der Waals surface area contributed by atoms with Gasteiger partial charge in [-0.05, 0) is 30.5 Å². The van der Waals surface area contributed by atoms with E-state index in [2.05, 4.69) is 15.1 Å². The first-order valence-corrected chi connectivity index (χ1v) is 8.04. The number of benzene rings is 1. The Kier molecular flexibility index (Phi) is 4.33. The van der Waals surface area contributed by atoms with E-state index in [1.165, 1.54) is 12.1 Å². The highest BCUT2D eigenvalue weighted by Crippen LogP contribution is 2.27. The van der Waals surface area contributed by atoms with Crippen LogP contribution in [0.5, 0.6) is 0 Å². The largest absolute Gasteiger partial charge is 0.369 e. The fourth-order valence-corrected chi connectivity index (χ4v) is 3.50. The number of hydrogen-bond acceptors (Lipinski definition) is 5. The van der Waals surface area contributed by atoms with Crippen molar-refractivity contribution in [2.75, 3.05) is 18.0 Å². The summed E-state index contributed by atoms with van der Waals surface area (Å²) in [6.45, 7) is 1.55. The van der Waals surface area contributed by atoms with E-state index in [0.717, 1.165) is 41.6 Å². The Morgan fingerprint density at radius 3 is 2.59 bits per heavy atom. The topological polar surface area (TPSA) is 72.1 Å². The Hall–Kier alpha value is -2.02. The van der Waals surface area contributed by atoms with E-state index in [1.54, 1.807) is 23.5 Å². The molecular formula is C15H17FN4OS. The van der Waals surface area contributed by atoms with Crippen molar-refractivity contribution < 1.29 is 9.18 Å². The molecule has 0 spiro atoms. The van der Waals surface area contributed by atoms with E-state index >= 15 is 0 Å². The maximum Gasteiger partial charge on any atom is 0.220 e. The van der Waals surface area contributed by atoms with Crippen LogP contribution in [0.1, 0.15) is 23.4 Å². The molecular weight excluding hydrogens is 303 g/mol. The summed E-state index contributed by atoms with van der Waals surface area (Å²) in [7, 11) is 0. The second-order valence-electron chi connectivity index (χ2n) is 5.45. The van der Waals surface area contributed by atoms with E-state index in [-0.39, 0.29) is 17.6 Å². The van der Waals surface area contributed by atoms with E-state index < -0.39 is 0 Å². The zero-order valence-electron chi connectivity index (χ0n) is 12.0. The molecule has 0 bridgehead atoms. The van der Waals surface area contributed by atoms with Crippen LogP contribution in [0.3, 0.4) is 0 Å². The summed E-state index contributed by atoms with van der Waals surface area (Å²) in [6.07, 6.45) is 2.18. The van der Waals surface area contributed by atoms with Gasteiger partial charge in [0, 0.05) is 25.4 Å². The lowest BCUT2D eigenvalue weighted by Gasteiger charge is -2.29. The van der Waals surface area contributed by atoms with Crippen molar-refractivity contribution in [3.05, 3.63) is 40.7 Å². The molecule has 1 saturated heterocycles. The van der Waals surface area contributed by atoms with Gasteiger partial charge in [0.25, 0.3) is 0 Å². The first-order chi connectivity index (χ1) is 10.6. The molecule has 22 heavy (non-hydrogen) atoms. The highest BCUT2D eigenvalue weighted by Gasteiger charge is 2.24. The molecule has 116 valence electrons. The molecule has 2 heterocycles. The lowest BCUT2D eigenvalue weighted by Crippen LogP contribution is -2.38. The van der Waals surface area contributed by atoms with Gasteiger partial charge < -0.3 is 10.6 Å². The van der Waals surface area contributed by atoms with Crippen LogP contribution in [-0.2, 0) is 11.2 Å². The summed E-state index contributed by atoms with van der Waals surface area (Å²) in [5.41, 5.74) is 6.35. The monoisotopic (exact) mass is 320 g/mol. The van der Waals surface area contributed by atoms with Gasteiger partial charge >= 0.3 is 0 Å². The molecule has 3 rings (SSSR count). The maximum absolute atomic E-state index is 12.9. The van der Waals surface area contributed by atoms with Gasteiger partial charge in [-0.15, -0.1) is 10.2 Å². The summed E-state index contributed by atoms with van der Waals surface area (Å²) in [5.74, 6) is -0.476. The summed E-state index contributed by atoms with van der Waals surface area (Å²) >= 11 is 1.54. The van der Waals surface area contributed by atoms with E-state index in [1.807, 2.05) is 0 Å². The van der Waals surface area contributed by atoms with Crippen LogP contribution in [0, 0.1) is 11.7 Å². The molecule has 0 aliphatic carbocycles. The molecule has 2 aromatic rings. The minimum atomic E-state index is -0.237. The van der Waals surface area contributed by atoms with Crippen LogP contribution in [0.4, 0.5) is 9.52 Å². The van der Waals surface area contributed by atoms with Gasteiger partial charge in [0.15, 0.2) is 0 Å². The number of halogens is 1. The highest BCUT2D eigenvalue weighted by molar-refractivity contribution is 7.15. The van der Waals surface area contributed by atoms with Crippen molar-refractivity contribution >= 4 is 22.4 Å². The molecule has 0 unspecified atom stereocenters. The van der Waals surface area contributed by atoms with Gasteiger partial charge in [-0.3, -0.25) is 4.79 Å². The third-order valence-corrected chi connectivity index (χ3v) is 4.88. The van der Waals surface area contributed by atoms with Gasteiger partial charge in [0.2, 0.25) is 11.0 Å². The zero-order valence-corrected chi connectivity index (χ0v) is 12.9. The molecule has 7 heteroatoms. The SMILES string of the molecule is NC(=O)C1CCN(c2nnc(Cc3ccc(F)cc3)s2)CC1. The fraction of sp³-hybridized carbons (Fsp3) is 0.400. The van der Waals surface area contributed by atoms with E-state index in [9.17, 15) is 9.18 Å². The molecule has 0 atom stereocenters. The standard InChI is InChI=1S/C15H17FN4OS/c16-12-3-1-10(2-4-12)9-13-18-19-15(22-13)20-7-5-11(6-8-20)14(17)21/h1-4,11H,5-9H2,(H2,17,21). The van der Waals surface area contributed by atoms with Crippen molar-refractivity contribution in [3.63, 3.8) is 0 Å². The Balaban J connectivity index is 1.62. The molecule has 1 aliphatic rings. The molecule has 1 aromatic carbocycles. The van der Waals surface area contributed by atoms with Gasteiger partial charge in [0.05, 0.1) is 0 Å². The lowest BCUT2D eigenvalue weighted by atomic mass is 9.97. The van der Waals surface area contributed by atoms with Crippen molar-refractivity contribution in [1.82, 2.24) is 10.2 Å². The van der Waals surface area contributed by atoms with Crippen LogP contribution >= 0.6 is 11.3 Å². The van der Waals surface area contributed by atoms with Crippen molar-refractivity contribution in [2.45, 2.75) is 19.3 Å². The first-order valence-electron chi connectivity index (χ1n) is 7.23. The number of carbonyl (C=O) groups excluding carboxylic acids is 1. The molecule has 0 saturated carbocycles. The van der Waals surface area contributed by atoms with Gasteiger partial charge in [-0.2, -0.15) is 0 Å². The predicted molar refractivity (Wildman–Crippen MR) is 83.2 cm³/mol. The van der Waals surface area contributed by atoms with E-state index in [4.69, 9.17) is 5.73 Å². The van der Waals surface area contributed by atoms with Crippen LogP contribution < -0.4 is 10.6 Å². The summed E-state index contributed by atoms with van der Waals surface area (Å²) in [5, 5.41) is 10.2. The number of amides is 1. The Bertz CT molecular complexity index is 650. The molecule has 1 amide bonds. The smallest absolute Gasteiger partial charge is 0.220 e. The number of nitrogens with zero attached hydrogens (tertiary/aromatic N) is 3. The third kappa shape index (κ3) is 3.41. The van der Waals surface area contributed by atoms with Gasteiger partial charge in [0.1, 0.15) is 10.8 Å². The molecule has 2 N–H and O–H groups in total. The van der Waals surface area contributed by atoms with Gasteiger partial charge in [-0.25, -0.2) is 4.39 Å². The molecule has 5 nitrogen and oxygen atoms in total. The van der Waals surface area contributed by atoms with Gasteiger partial charge in [-0.1, -0.05) is 23.5 Å². The van der Waals surface area contributed by atoms with Crippen LogP contribution in [0.15, 0.2) is 24.3 Å². The number of primary amides is 1. The predicted octanol–water partition coefficient (Wildman–Crippen LogP) is 1.97. The Morgan fingerprint density at radius 1 is 1.27 bits per heavy atom. The van der Waals surface area contributed by atoms with Crippen molar-refractivity contribution in [3.8, 4) is 0 Å². The average molecular weight is 320 g/mol. The minimum Gasteiger partial charge on any atom is -0.369 e. The number of anilines is 1. The number of rotatable bonds is 4. The zero-order chi connectivity index (χ0) is 15.5.